The number of hydrogen-bond acceptors (Lipinski definition) is 5. The summed E-state index contributed by atoms with van der Waals surface area (Å²) in [6.07, 6.45) is 21.2. The molecule has 0 fully saturated rings. The Morgan fingerprint density at radius 3 is 1.66 bits per heavy atom. The van der Waals surface area contributed by atoms with E-state index < -0.39 is 5.97 Å². The van der Waals surface area contributed by atoms with E-state index in [-0.39, 0.29) is 0 Å². The van der Waals surface area contributed by atoms with Gasteiger partial charge >= 0.3 is 5.97 Å². The molecule has 1 aromatic rings. The van der Waals surface area contributed by atoms with Gasteiger partial charge in [0.15, 0.2) is 0 Å². The normalized spacial score (nSPS) is 10.8. The number of methoxy groups -OCH3 is 2. The second-order valence-electron chi connectivity index (χ2n) is 8.56. The molecule has 5 heteroatoms. The minimum atomic E-state index is -0.555. The van der Waals surface area contributed by atoms with Gasteiger partial charge in [0, 0.05) is 6.07 Å². The molecule has 0 heterocycles. The van der Waals surface area contributed by atoms with Gasteiger partial charge in [0.2, 0.25) is 0 Å². The Morgan fingerprint density at radius 1 is 0.688 bits per heavy atom. The maximum atomic E-state index is 12.1. The Balaban J connectivity index is 1.90. The summed E-state index contributed by atoms with van der Waals surface area (Å²) in [5, 5.41) is 0. The molecule has 1 rings (SSSR count). The van der Waals surface area contributed by atoms with Crippen LogP contribution < -0.4 is 9.47 Å². The van der Waals surface area contributed by atoms with E-state index >= 15 is 0 Å². The molecule has 0 bridgehead atoms. The van der Waals surface area contributed by atoms with Crippen LogP contribution in [0.15, 0.2) is 18.2 Å². The predicted molar refractivity (Wildman–Crippen MR) is 130 cm³/mol. The van der Waals surface area contributed by atoms with E-state index in [0.29, 0.717) is 23.7 Å². The average Bonchev–Trinajstić information content (AvgIpc) is 2.82. The van der Waals surface area contributed by atoms with E-state index in [1.807, 2.05) is 0 Å². The average molecular weight is 451 g/mol. The zero-order valence-electron chi connectivity index (χ0n) is 20.8. The van der Waals surface area contributed by atoms with Crippen LogP contribution in [0.2, 0.25) is 0 Å². The molecule has 0 atom stereocenters. The van der Waals surface area contributed by atoms with Crippen LogP contribution in [0.4, 0.5) is 0 Å². The summed E-state index contributed by atoms with van der Waals surface area (Å²) >= 11 is 0. The minimum Gasteiger partial charge on any atom is -0.497 e. The van der Waals surface area contributed by atoms with Gasteiger partial charge in [-0.25, -0.2) is 4.79 Å². The largest absolute Gasteiger partial charge is 0.497 e. The standard InChI is InChI=1S/C27H46O5/c1-4-5-6-7-8-9-10-11-12-13-14-15-16-17-18-19-22-31-32-27(28)25-21-20-24(29-2)23-26(25)30-3/h20-21,23H,4-19,22H2,1-3H3. The zero-order chi connectivity index (χ0) is 23.3. The molecule has 5 nitrogen and oxygen atoms in total. The van der Waals surface area contributed by atoms with Crippen molar-refractivity contribution >= 4 is 5.97 Å². The summed E-state index contributed by atoms with van der Waals surface area (Å²) in [4.78, 5) is 22.1. The summed E-state index contributed by atoms with van der Waals surface area (Å²) in [5.74, 6) is 0.467. The number of carbonyl (C=O) groups is 1. The highest BCUT2D eigenvalue weighted by molar-refractivity contribution is 5.92. The van der Waals surface area contributed by atoms with Gasteiger partial charge in [-0.3, -0.25) is 4.89 Å². The van der Waals surface area contributed by atoms with Gasteiger partial charge in [-0.2, -0.15) is 4.89 Å². The molecule has 0 aliphatic rings. The first-order valence-electron chi connectivity index (χ1n) is 12.8. The van der Waals surface area contributed by atoms with Crippen molar-refractivity contribution < 1.29 is 24.0 Å². The Kier molecular flexibility index (Phi) is 17.6. The van der Waals surface area contributed by atoms with Gasteiger partial charge in [0.1, 0.15) is 17.1 Å². The van der Waals surface area contributed by atoms with Crippen LogP contribution in [-0.2, 0) is 9.78 Å². The molecule has 0 unspecified atom stereocenters. The lowest BCUT2D eigenvalue weighted by Gasteiger charge is -2.09. The smallest absolute Gasteiger partial charge is 0.376 e. The number of hydrogen-bond donors (Lipinski definition) is 0. The summed E-state index contributed by atoms with van der Waals surface area (Å²) in [6, 6.07) is 4.94. The van der Waals surface area contributed by atoms with Gasteiger partial charge in [0.05, 0.1) is 20.8 Å². The van der Waals surface area contributed by atoms with Crippen LogP contribution in [0.1, 0.15) is 120 Å². The van der Waals surface area contributed by atoms with Crippen LogP contribution in [0.5, 0.6) is 11.5 Å². The van der Waals surface area contributed by atoms with E-state index in [0.717, 1.165) is 12.8 Å². The maximum Gasteiger partial charge on any atom is 0.376 e. The molecular weight excluding hydrogens is 404 g/mol. The summed E-state index contributed by atoms with van der Waals surface area (Å²) in [6.45, 7) is 2.69. The Labute approximate surface area is 196 Å². The minimum absolute atomic E-state index is 0.320. The molecule has 0 saturated heterocycles. The molecule has 0 aliphatic heterocycles. The van der Waals surface area contributed by atoms with Crippen LogP contribution in [-0.4, -0.2) is 26.8 Å². The third kappa shape index (κ3) is 13.6. The molecule has 0 saturated carbocycles. The Morgan fingerprint density at radius 2 is 1.19 bits per heavy atom. The highest BCUT2D eigenvalue weighted by atomic mass is 17.2. The molecule has 1 aromatic carbocycles. The fourth-order valence-electron chi connectivity index (χ4n) is 3.82. The van der Waals surface area contributed by atoms with Gasteiger partial charge in [0.25, 0.3) is 0 Å². The first-order valence-corrected chi connectivity index (χ1v) is 12.8. The molecule has 0 radical (unpaired) electrons. The zero-order valence-corrected chi connectivity index (χ0v) is 20.8. The van der Waals surface area contributed by atoms with E-state index in [1.54, 1.807) is 25.3 Å². The van der Waals surface area contributed by atoms with Crippen molar-refractivity contribution in [2.75, 3.05) is 20.8 Å². The van der Waals surface area contributed by atoms with Crippen LogP contribution >= 0.6 is 0 Å². The molecule has 0 spiro atoms. The van der Waals surface area contributed by atoms with Crippen LogP contribution in [0.25, 0.3) is 0 Å². The van der Waals surface area contributed by atoms with Gasteiger partial charge in [-0.15, -0.1) is 0 Å². The third-order valence-electron chi connectivity index (χ3n) is 5.84. The van der Waals surface area contributed by atoms with Gasteiger partial charge in [-0.1, -0.05) is 103 Å². The molecule has 0 N–H and O–H groups in total. The van der Waals surface area contributed by atoms with E-state index in [1.165, 1.54) is 97.0 Å². The summed E-state index contributed by atoms with van der Waals surface area (Å²) in [5.41, 5.74) is 0.320. The van der Waals surface area contributed by atoms with Crippen molar-refractivity contribution in [3.05, 3.63) is 23.8 Å². The SMILES string of the molecule is CCCCCCCCCCCCCCCCCCOOC(=O)c1ccc(OC)cc1OC. The van der Waals surface area contributed by atoms with Gasteiger partial charge in [-0.05, 0) is 18.6 Å². The monoisotopic (exact) mass is 450 g/mol. The lowest BCUT2D eigenvalue weighted by Crippen LogP contribution is -2.08. The number of carbonyl (C=O) groups excluding carboxylic acids is 1. The Bertz CT molecular complexity index is 587. The third-order valence-corrected chi connectivity index (χ3v) is 5.84. The topological polar surface area (TPSA) is 54.0 Å². The highest BCUT2D eigenvalue weighted by Crippen LogP contribution is 2.25. The first-order chi connectivity index (χ1) is 15.7. The molecule has 184 valence electrons. The number of rotatable bonds is 21. The fourth-order valence-corrected chi connectivity index (χ4v) is 3.82. The first kappa shape index (κ1) is 28.3. The lowest BCUT2D eigenvalue weighted by atomic mass is 10.0. The van der Waals surface area contributed by atoms with Crippen molar-refractivity contribution in [3.63, 3.8) is 0 Å². The van der Waals surface area contributed by atoms with Crippen LogP contribution in [0.3, 0.4) is 0 Å². The van der Waals surface area contributed by atoms with E-state index in [2.05, 4.69) is 6.92 Å². The quantitative estimate of drug-likeness (QED) is 0.108. The second-order valence-corrected chi connectivity index (χ2v) is 8.56. The summed E-state index contributed by atoms with van der Waals surface area (Å²) < 4.78 is 10.3. The highest BCUT2D eigenvalue weighted by Gasteiger charge is 2.15. The fraction of sp³-hybridized carbons (Fsp3) is 0.741. The molecule has 0 aromatic heterocycles. The second kappa shape index (κ2) is 19.9. The van der Waals surface area contributed by atoms with Crippen molar-refractivity contribution in [2.45, 2.75) is 110 Å². The van der Waals surface area contributed by atoms with Gasteiger partial charge < -0.3 is 9.47 Å². The Hall–Kier alpha value is -1.75. The predicted octanol–water partition coefficient (Wildman–Crippen LogP) is 8.05. The molecule has 0 aliphatic carbocycles. The van der Waals surface area contributed by atoms with E-state index in [4.69, 9.17) is 19.2 Å². The number of unbranched alkanes of at least 4 members (excludes halogenated alkanes) is 15. The maximum absolute atomic E-state index is 12.1. The molecule has 0 amide bonds. The van der Waals surface area contributed by atoms with Crippen molar-refractivity contribution in [1.82, 2.24) is 0 Å². The van der Waals surface area contributed by atoms with Crippen LogP contribution in [0, 0.1) is 0 Å². The van der Waals surface area contributed by atoms with Crippen molar-refractivity contribution in [1.29, 1.82) is 0 Å². The summed E-state index contributed by atoms with van der Waals surface area (Å²) in [7, 11) is 3.07. The van der Waals surface area contributed by atoms with Crippen molar-refractivity contribution in [3.8, 4) is 11.5 Å². The molecule has 32 heavy (non-hydrogen) atoms. The van der Waals surface area contributed by atoms with Crippen molar-refractivity contribution in [2.24, 2.45) is 0 Å². The molecular formula is C27H46O5. The van der Waals surface area contributed by atoms with E-state index in [9.17, 15) is 4.79 Å². The lowest BCUT2D eigenvalue weighted by molar-refractivity contribution is -0.241. The number of benzene rings is 1. The number of ether oxygens (including phenoxy) is 2.